The highest BCUT2D eigenvalue weighted by atomic mass is 16.5. The first kappa shape index (κ1) is 18.4. The zero-order valence-electron chi connectivity index (χ0n) is 13.5. The highest BCUT2D eigenvalue weighted by Gasteiger charge is 2.32. The van der Waals surface area contributed by atoms with Crippen molar-refractivity contribution in [3.63, 3.8) is 0 Å². The molecule has 0 aliphatic carbocycles. The lowest BCUT2D eigenvalue weighted by atomic mass is 9.98. The normalized spacial score (nSPS) is 14.7. The molecule has 114 valence electrons. The van der Waals surface area contributed by atoms with E-state index in [0.29, 0.717) is 0 Å². The van der Waals surface area contributed by atoms with Gasteiger partial charge in [-0.15, -0.1) is 0 Å². The average Bonchev–Trinajstić information content (AvgIpc) is 2.40. The molecule has 0 aromatic heterocycles. The van der Waals surface area contributed by atoms with Crippen molar-refractivity contribution in [2.45, 2.75) is 32.2 Å². The van der Waals surface area contributed by atoms with E-state index in [0.717, 1.165) is 39.0 Å². The van der Waals surface area contributed by atoms with E-state index in [9.17, 15) is 4.79 Å². The first-order valence-electron chi connectivity index (χ1n) is 7.04. The van der Waals surface area contributed by atoms with E-state index in [-0.39, 0.29) is 5.97 Å². The Morgan fingerprint density at radius 3 is 2.32 bits per heavy atom. The maximum Gasteiger partial charge on any atom is 0.325 e. The van der Waals surface area contributed by atoms with Crippen molar-refractivity contribution < 1.29 is 9.53 Å². The summed E-state index contributed by atoms with van der Waals surface area (Å²) in [5.74, 6) is -0.195. The zero-order chi connectivity index (χ0) is 14.9. The number of esters is 1. The molecule has 0 spiro atoms. The summed E-state index contributed by atoms with van der Waals surface area (Å²) in [6.45, 7) is 8.12. The topological polar surface area (TPSA) is 44.8 Å². The van der Waals surface area contributed by atoms with Crippen molar-refractivity contribution in [3.8, 4) is 0 Å². The second kappa shape index (κ2) is 9.28. The standard InChI is InChI=1S/C14H31N3O2/c1-7-17(11-8-10-16(4)5)12-9-14(2,15-3)13(18)19-6/h15H,7-12H2,1-6H3. The number of ether oxygens (including phenoxy) is 1. The summed E-state index contributed by atoms with van der Waals surface area (Å²) < 4.78 is 4.86. The minimum absolute atomic E-state index is 0.195. The van der Waals surface area contributed by atoms with Crippen molar-refractivity contribution in [1.29, 1.82) is 0 Å². The smallest absolute Gasteiger partial charge is 0.325 e. The molecular formula is C14H31N3O2. The molecule has 0 aliphatic rings. The van der Waals surface area contributed by atoms with Crippen molar-refractivity contribution in [3.05, 3.63) is 0 Å². The van der Waals surface area contributed by atoms with Gasteiger partial charge in [0.15, 0.2) is 0 Å². The van der Waals surface area contributed by atoms with Gasteiger partial charge in [-0.1, -0.05) is 6.92 Å². The van der Waals surface area contributed by atoms with E-state index in [1.54, 1.807) is 7.05 Å². The van der Waals surface area contributed by atoms with Crippen LogP contribution in [-0.4, -0.2) is 75.7 Å². The number of hydrogen-bond acceptors (Lipinski definition) is 5. The van der Waals surface area contributed by atoms with Gasteiger partial charge in [-0.25, -0.2) is 0 Å². The molecule has 1 unspecified atom stereocenters. The summed E-state index contributed by atoms with van der Waals surface area (Å²) in [6.07, 6.45) is 1.90. The van der Waals surface area contributed by atoms with Crippen LogP contribution in [0.15, 0.2) is 0 Å². The molecule has 0 aromatic rings. The maximum atomic E-state index is 11.8. The molecule has 0 amide bonds. The van der Waals surface area contributed by atoms with Crippen LogP contribution < -0.4 is 5.32 Å². The molecule has 0 saturated carbocycles. The van der Waals surface area contributed by atoms with Gasteiger partial charge in [0.05, 0.1) is 7.11 Å². The van der Waals surface area contributed by atoms with E-state index in [4.69, 9.17) is 4.74 Å². The van der Waals surface area contributed by atoms with Crippen LogP contribution >= 0.6 is 0 Å². The lowest BCUT2D eigenvalue weighted by Crippen LogP contribution is -2.50. The molecule has 0 bridgehead atoms. The Morgan fingerprint density at radius 1 is 1.26 bits per heavy atom. The third kappa shape index (κ3) is 6.89. The fourth-order valence-electron chi connectivity index (χ4n) is 1.97. The molecule has 0 rings (SSSR count). The highest BCUT2D eigenvalue weighted by molar-refractivity contribution is 5.80. The summed E-state index contributed by atoms with van der Waals surface area (Å²) in [5.41, 5.74) is -0.594. The second-order valence-electron chi connectivity index (χ2n) is 5.41. The number of carbonyl (C=O) groups is 1. The Morgan fingerprint density at radius 2 is 1.89 bits per heavy atom. The minimum atomic E-state index is -0.594. The van der Waals surface area contributed by atoms with Crippen LogP contribution in [0.4, 0.5) is 0 Å². The Balaban J connectivity index is 4.20. The molecule has 1 N–H and O–H groups in total. The summed E-state index contributed by atoms with van der Waals surface area (Å²) in [6, 6.07) is 0. The first-order chi connectivity index (χ1) is 8.89. The molecule has 0 fully saturated rings. The zero-order valence-corrected chi connectivity index (χ0v) is 13.5. The van der Waals surface area contributed by atoms with Crippen LogP contribution in [0.25, 0.3) is 0 Å². The fraction of sp³-hybridized carbons (Fsp3) is 0.929. The van der Waals surface area contributed by atoms with Crippen LogP contribution in [-0.2, 0) is 9.53 Å². The summed E-state index contributed by atoms with van der Waals surface area (Å²) in [5, 5.41) is 3.07. The van der Waals surface area contributed by atoms with Gasteiger partial charge in [0, 0.05) is 6.54 Å². The molecule has 1 atom stereocenters. The van der Waals surface area contributed by atoms with Gasteiger partial charge in [-0.05, 0) is 60.5 Å². The molecule has 0 radical (unpaired) electrons. The number of likely N-dealkylation sites (N-methyl/N-ethyl adjacent to an activating group) is 1. The van der Waals surface area contributed by atoms with Gasteiger partial charge < -0.3 is 19.9 Å². The Bertz CT molecular complexity index is 259. The van der Waals surface area contributed by atoms with E-state index >= 15 is 0 Å². The van der Waals surface area contributed by atoms with Crippen molar-refractivity contribution in [2.75, 3.05) is 54.4 Å². The van der Waals surface area contributed by atoms with Gasteiger partial charge in [0.2, 0.25) is 0 Å². The van der Waals surface area contributed by atoms with Gasteiger partial charge >= 0.3 is 5.97 Å². The van der Waals surface area contributed by atoms with E-state index in [2.05, 4.69) is 36.1 Å². The minimum Gasteiger partial charge on any atom is -0.468 e. The quantitative estimate of drug-likeness (QED) is 0.597. The van der Waals surface area contributed by atoms with Crippen LogP contribution in [0.3, 0.4) is 0 Å². The number of carbonyl (C=O) groups excluding carboxylic acids is 1. The van der Waals surface area contributed by atoms with E-state index in [1.165, 1.54) is 7.11 Å². The van der Waals surface area contributed by atoms with Gasteiger partial charge in [0.1, 0.15) is 5.54 Å². The van der Waals surface area contributed by atoms with Gasteiger partial charge in [0.25, 0.3) is 0 Å². The summed E-state index contributed by atoms with van der Waals surface area (Å²) in [7, 11) is 7.42. The third-order valence-corrected chi connectivity index (χ3v) is 3.64. The molecule has 0 aliphatic heterocycles. The monoisotopic (exact) mass is 273 g/mol. The lowest BCUT2D eigenvalue weighted by Gasteiger charge is -2.29. The van der Waals surface area contributed by atoms with Crippen molar-refractivity contribution in [1.82, 2.24) is 15.1 Å². The van der Waals surface area contributed by atoms with Crippen molar-refractivity contribution in [2.24, 2.45) is 0 Å². The second-order valence-corrected chi connectivity index (χ2v) is 5.41. The van der Waals surface area contributed by atoms with Gasteiger partial charge in [-0.2, -0.15) is 0 Å². The lowest BCUT2D eigenvalue weighted by molar-refractivity contribution is -0.148. The molecular weight excluding hydrogens is 242 g/mol. The van der Waals surface area contributed by atoms with Crippen LogP contribution in [0.5, 0.6) is 0 Å². The van der Waals surface area contributed by atoms with Crippen LogP contribution in [0.1, 0.15) is 26.7 Å². The predicted molar refractivity (Wildman–Crippen MR) is 79.4 cm³/mol. The van der Waals surface area contributed by atoms with E-state index in [1.807, 2.05) is 6.92 Å². The molecule has 0 heterocycles. The highest BCUT2D eigenvalue weighted by Crippen LogP contribution is 2.12. The average molecular weight is 273 g/mol. The Kier molecular flexibility index (Phi) is 8.97. The third-order valence-electron chi connectivity index (χ3n) is 3.64. The number of nitrogens with zero attached hydrogens (tertiary/aromatic N) is 2. The largest absolute Gasteiger partial charge is 0.468 e. The molecule has 5 nitrogen and oxygen atoms in total. The van der Waals surface area contributed by atoms with Crippen LogP contribution in [0.2, 0.25) is 0 Å². The maximum absolute atomic E-state index is 11.8. The van der Waals surface area contributed by atoms with E-state index < -0.39 is 5.54 Å². The number of rotatable bonds is 10. The first-order valence-corrected chi connectivity index (χ1v) is 7.04. The Labute approximate surface area is 118 Å². The van der Waals surface area contributed by atoms with Crippen LogP contribution in [0, 0.1) is 0 Å². The van der Waals surface area contributed by atoms with Crippen molar-refractivity contribution >= 4 is 5.97 Å². The molecule has 0 saturated heterocycles. The number of methoxy groups -OCH3 is 1. The summed E-state index contributed by atoms with van der Waals surface area (Å²) >= 11 is 0. The SMILES string of the molecule is CCN(CCCN(C)C)CCC(C)(NC)C(=O)OC. The summed E-state index contributed by atoms with van der Waals surface area (Å²) in [4.78, 5) is 16.3. The van der Waals surface area contributed by atoms with Gasteiger partial charge in [-0.3, -0.25) is 4.79 Å². The molecule has 5 heteroatoms. The Hall–Kier alpha value is -0.650. The number of hydrogen-bond donors (Lipinski definition) is 1. The number of nitrogens with one attached hydrogen (secondary N) is 1. The fourth-order valence-corrected chi connectivity index (χ4v) is 1.97. The molecule has 0 aromatic carbocycles. The molecule has 19 heavy (non-hydrogen) atoms. The predicted octanol–water partition coefficient (Wildman–Crippen LogP) is 0.801.